The summed E-state index contributed by atoms with van der Waals surface area (Å²) in [5, 5.41) is 0. The van der Waals surface area contributed by atoms with Crippen molar-refractivity contribution in [2.45, 2.75) is 32.2 Å². The average Bonchev–Trinajstić information content (AvgIpc) is 2.83. The number of hydrogen-bond acceptors (Lipinski definition) is 1. The molecule has 2 N–H and O–H groups in total. The molecule has 15 heavy (non-hydrogen) atoms. The molecule has 1 aromatic rings. The second-order valence-electron chi connectivity index (χ2n) is 4.61. The van der Waals surface area contributed by atoms with Crippen molar-refractivity contribution >= 4 is 0 Å². The Kier molecular flexibility index (Phi) is 2.51. The lowest BCUT2D eigenvalue weighted by atomic mass is 9.90. The highest BCUT2D eigenvalue weighted by Gasteiger charge is 2.45. The van der Waals surface area contributed by atoms with Crippen molar-refractivity contribution < 1.29 is 8.78 Å². The Balaban J connectivity index is 2.17. The minimum atomic E-state index is -0.509. The molecular weight excluding hydrogens is 196 g/mol. The molecule has 1 nitrogen and oxygen atoms in total. The molecule has 0 radical (unpaired) electrons. The first-order valence-corrected chi connectivity index (χ1v) is 5.22. The van der Waals surface area contributed by atoms with E-state index in [0.29, 0.717) is 12.0 Å². The van der Waals surface area contributed by atoms with Crippen LogP contribution in [0.2, 0.25) is 0 Å². The SMILES string of the molecule is CC(N)C1(Cc2cc(F)cc(F)c2)CC1. The van der Waals surface area contributed by atoms with Crippen LogP contribution in [0.15, 0.2) is 18.2 Å². The van der Waals surface area contributed by atoms with Gasteiger partial charge in [-0.15, -0.1) is 0 Å². The summed E-state index contributed by atoms with van der Waals surface area (Å²) in [5.41, 5.74) is 6.66. The summed E-state index contributed by atoms with van der Waals surface area (Å²) in [6, 6.07) is 3.77. The quantitative estimate of drug-likeness (QED) is 0.817. The molecular formula is C12H15F2N. The largest absolute Gasteiger partial charge is 0.327 e. The van der Waals surface area contributed by atoms with Gasteiger partial charge in [0.05, 0.1) is 0 Å². The third kappa shape index (κ3) is 2.17. The highest BCUT2D eigenvalue weighted by atomic mass is 19.1. The predicted octanol–water partition coefficient (Wildman–Crippen LogP) is 2.63. The van der Waals surface area contributed by atoms with Gasteiger partial charge in [-0.2, -0.15) is 0 Å². The fourth-order valence-corrected chi connectivity index (χ4v) is 2.07. The van der Waals surface area contributed by atoms with Gasteiger partial charge in [-0.1, -0.05) is 0 Å². The minimum absolute atomic E-state index is 0.0836. The van der Waals surface area contributed by atoms with Crippen molar-refractivity contribution in [3.63, 3.8) is 0 Å². The van der Waals surface area contributed by atoms with Gasteiger partial charge in [0.25, 0.3) is 0 Å². The first-order chi connectivity index (χ1) is 7.02. The smallest absolute Gasteiger partial charge is 0.126 e. The van der Waals surface area contributed by atoms with E-state index >= 15 is 0 Å². The average molecular weight is 211 g/mol. The van der Waals surface area contributed by atoms with Crippen LogP contribution in [0.25, 0.3) is 0 Å². The van der Waals surface area contributed by atoms with E-state index in [4.69, 9.17) is 5.73 Å². The van der Waals surface area contributed by atoms with Gasteiger partial charge in [-0.3, -0.25) is 0 Å². The molecule has 0 heterocycles. The topological polar surface area (TPSA) is 26.0 Å². The monoisotopic (exact) mass is 211 g/mol. The van der Waals surface area contributed by atoms with Crippen LogP contribution in [-0.2, 0) is 6.42 Å². The maximum Gasteiger partial charge on any atom is 0.126 e. The molecule has 2 rings (SSSR count). The first kappa shape index (κ1) is 10.6. The molecule has 0 aromatic heterocycles. The zero-order chi connectivity index (χ0) is 11.1. The number of benzene rings is 1. The zero-order valence-electron chi connectivity index (χ0n) is 8.76. The van der Waals surface area contributed by atoms with Crippen LogP contribution in [0, 0.1) is 17.0 Å². The van der Waals surface area contributed by atoms with E-state index in [2.05, 4.69) is 0 Å². The van der Waals surface area contributed by atoms with E-state index < -0.39 is 11.6 Å². The lowest BCUT2D eigenvalue weighted by Crippen LogP contribution is -2.29. The molecule has 1 atom stereocenters. The van der Waals surface area contributed by atoms with Crippen molar-refractivity contribution in [3.05, 3.63) is 35.4 Å². The maximum atomic E-state index is 13.0. The summed E-state index contributed by atoms with van der Waals surface area (Å²) in [6.07, 6.45) is 2.80. The van der Waals surface area contributed by atoms with Crippen LogP contribution in [-0.4, -0.2) is 6.04 Å². The van der Waals surface area contributed by atoms with E-state index in [1.54, 1.807) is 0 Å². The van der Waals surface area contributed by atoms with Gasteiger partial charge in [0.2, 0.25) is 0 Å². The zero-order valence-corrected chi connectivity index (χ0v) is 8.76. The molecule has 3 heteroatoms. The highest BCUT2D eigenvalue weighted by Crippen LogP contribution is 2.50. The van der Waals surface area contributed by atoms with Gasteiger partial charge in [0, 0.05) is 12.1 Å². The molecule has 82 valence electrons. The molecule has 0 spiro atoms. The van der Waals surface area contributed by atoms with Gasteiger partial charge >= 0.3 is 0 Å². The second kappa shape index (κ2) is 3.56. The van der Waals surface area contributed by atoms with Gasteiger partial charge in [-0.25, -0.2) is 8.78 Å². The van der Waals surface area contributed by atoms with E-state index in [-0.39, 0.29) is 11.5 Å². The molecule has 0 saturated heterocycles. The van der Waals surface area contributed by atoms with E-state index in [0.717, 1.165) is 18.9 Å². The summed E-state index contributed by atoms with van der Waals surface area (Å²) >= 11 is 0. The van der Waals surface area contributed by atoms with Crippen molar-refractivity contribution in [3.8, 4) is 0 Å². The maximum absolute atomic E-state index is 13.0. The van der Waals surface area contributed by atoms with Crippen molar-refractivity contribution in [1.29, 1.82) is 0 Å². The van der Waals surface area contributed by atoms with Crippen LogP contribution < -0.4 is 5.73 Å². The Morgan fingerprint density at radius 2 is 1.80 bits per heavy atom. The number of rotatable bonds is 3. The number of nitrogens with two attached hydrogens (primary N) is 1. The molecule has 1 unspecified atom stereocenters. The summed E-state index contributed by atoms with van der Waals surface area (Å²) in [7, 11) is 0. The van der Waals surface area contributed by atoms with Crippen molar-refractivity contribution in [2.75, 3.05) is 0 Å². The van der Waals surface area contributed by atoms with E-state index in [1.807, 2.05) is 6.92 Å². The van der Waals surface area contributed by atoms with Gasteiger partial charge in [0.1, 0.15) is 11.6 Å². The fourth-order valence-electron chi connectivity index (χ4n) is 2.07. The summed E-state index contributed by atoms with van der Waals surface area (Å²) in [4.78, 5) is 0. The van der Waals surface area contributed by atoms with Gasteiger partial charge < -0.3 is 5.73 Å². The Bertz CT molecular complexity index is 350. The van der Waals surface area contributed by atoms with Gasteiger partial charge in [-0.05, 0) is 49.3 Å². The van der Waals surface area contributed by atoms with Gasteiger partial charge in [0.15, 0.2) is 0 Å². The molecule has 0 aliphatic heterocycles. The minimum Gasteiger partial charge on any atom is -0.327 e. The molecule has 1 aliphatic carbocycles. The standard InChI is InChI=1S/C12H15F2N/c1-8(15)12(2-3-12)7-9-4-10(13)6-11(14)5-9/h4-6,8H,2-3,7,15H2,1H3. The molecule has 0 amide bonds. The molecule has 0 bridgehead atoms. The second-order valence-corrected chi connectivity index (χ2v) is 4.61. The molecule has 1 aliphatic rings. The third-order valence-electron chi connectivity index (χ3n) is 3.34. The van der Waals surface area contributed by atoms with Crippen LogP contribution in [0.5, 0.6) is 0 Å². The summed E-state index contributed by atoms with van der Waals surface area (Å²) < 4.78 is 25.9. The number of halogens is 2. The number of hydrogen-bond donors (Lipinski definition) is 1. The highest BCUT2D eigenvalue weighted by molar-refractivity contribution is 5.22. The first-order valence-electron chi connectivity index (χ1n) is 5.22. The van der Waals surface area contributed by atoms with Crippen molar-refractivity contribution in [1.82, 2.24) is 0 Å². The van der Waals surface area contributed by atoms with Crippen LogP contribution >= 0.6 is 0 Å². The summed E-state index contributed by atoms with van der Waals surface area (Å²) in [5.74, 6) is -1.02. The molecule has 1 saturated carbocycles. The normalized spacial score (nSPS) is 20.0. The Hall–Kier alpha value is -0.960. The summed E-state index contributed by atoms with van der Waals surface area (Å²) in [6.45, 7) is 1.96. The van der Waals surface area contributed by atoms with Crippen LogP contribution in [0.4, 0.5) is 8.78 Å². The molecule has 1 fully saturated rings. The van der Waals surface area contributed by atoms with Crippen LogP contribution in [0.1, 0.15) is 25.3 Å². The Morgan fingerprint density at radius 1 is 1.27 bits per heavy atom. The van der Waals surface area contributed by atoms with Crippen molar-refractivity contribution in [2.24, 2.45) is 11.1 Å². The Labute approximate surface area is 88.3 Å². The molecule has 1 aromatic carbocycles. The van der Waals surface area contributed by atoms with E-state index in [1.165, 1.54) is 12.1 Å². The van der Waals surface area contributed by atoms with E-state index in [9.17, 15) is 8.78 Å². The third-order valence-corrected chi connectivity index (χ3v) is 3.34. The lowest BCUT2D eigenvalue weighted by Gasteiger charge is -2.19. The Morgan fingerprint density at radius 3 is 2.20 bits per heavy atom. The predicted molar refractivity (Wildman–Crippen MR) is 55.4 cm³/mol. The fraction of sp³-hybridized carbons (Fsp3) is 0.500. The van der Waals surface area contributed by atoms with Crippen LogP contribution in [0.3, 0.4) is 0 Å². The lowest BCUT2D eigenvalue weighted by molar-refractivity contribution is 0.416.